The largest absolute Gasteiger partial charge is 0.476 e. The Labute approximate surface area is 111 Å². The minimum absolute atomic E-state index is 0.0423. The summed E-state index contributed by atoms with van der Waals surface area (Å²) in [6.45, 7) is 2.65. The van der Waals surface area contributed by atoms with Gasteiger partial charge in [-0.15, -0.1) is 0 Å². The Balaban J connectivity index is 2.04. The standard InChI is InChI=1S/C13H19N3O3/c17-9-2-1-7-16-11(9)10(13(18)19)15-12(16)8-3-5-14-6-4-8/h8-9,14,17H,1-7H2,(H,18,19). The summed E-state index contributed by atoms with van der Waals surface area (Å²) in [7, 11) is 0. The van der Waals surface area contributed by atoms with Crippen molar-refractivity contribution >= 4 is 5.97 Å². The third-order valence-electron chi connectivity index (χ3n) is 4.12. The number of imidazole rings is 1. The van der Waals surface area contributed by atoms with E-state index in [1.54, 1.807) is 0 Å². The minimum atomic E-state index is -1.04. The molecule has 3 N–H and O–H groups in total. The van der Waals surface area contributed by atoms with E-state index in [-0.39, 0.29) is 5.69 Å². The van der Waals surface area contributed by atoms with Crippen molar-refractivity contribution in [1.82, 2.24) is 14.9 Å². The van der Waals surface area contributed by atoms with E-state index in [2.05, 4.69) is 10.3 Å². The molecule has 1 unspecified atom stereocenters. The maximum Gasteiger partial charge on any atom is 0.356 e. The summed E-state index contributed by atoms with van der Waals surface area (Å²) in [6, 6.07) is 0. The third-order valence-corrected chi connectivity index (χ3v) is 4.12. The number of nitrogens with zero attached hydrogens (tertiary/aromatic N) is 2. The first kappa shape index (κ1) is 12.6. The lowest BCUT2D eigenvalue weighted by molar-refractivity contribution is 0.0677. The summed E-state index contributed by atoms with van der Waals surface area (Å²) in [5.74, 6) is 0.121. The van der Waals surface area contributed by atoms with Crippen LogP contribution in [0.15, 0.2) is 0 Å². The van der Waals surface area contributed by atoms with Crippen molar-refractivity contribution in [3.63, 3.8) is 0 Å². The highest BCUT2D eigenvalue weighted by atomic mass is 16.4. The van der Waals surface area contributed by atoms with E-state index in [1.165, 1.54) is 0 Å². The van der Waals surface area contributed by atoms with Gasteiger partial charge in [-0.05, 0) is 38.8 Å². The number of aliphatic hydroxyl groups is 1. The maximum atomic E-state index is 11.3. The molecule has 0 radical (unpaired) electrons. The number of carboxylic acid groups (broad SMARTS) is 1. The molecule has 3 rings (SSSR count). The van der Waals surface area contributed by atoms with Crippen LogP contribution in [-0.2, 0) is 6.54 Å². The van der Waals surface area contributed by atoms with Crippen LogP contribution in [-0.4, -0.2) is 38.8 Å². The van der Waals surface area contributed by atoms with E-state index in [9.17, 15) is 15.0 Å². The van der Waals surface area contributed by atoms with Crippen LogP contribution in [0.3, 0.4) is 0 Å². The molecule has 6 heteroatoms. The molecular formula is C13H19N3O3. The fraction of sp³-hybridized carbons (Fsp3) is 0.692. The second-order valence-corrected chi connectivity index (χ2v) is 5.34. The molecule has 1 atom stereocenters. The van der Waals surface area contributed by atoms with Gasteiger partial charge < -0.3 is 20.1 Å². The van der Waals surface area contributed by atoms with Crippen LogP contribution < -0.4 is 5.32 Å². The Bertz CT molecular complexity index is 492. The highest BCUT2D eigenvalue weighted by Gasteiger charge is 2.32. The van der Waals surface area contributed by atoms with E-state index in [0.29, 0.717) is 18.0 Å². The average molecular weight is 265 g/mol. The number of carbonyl (C=O) groups is 1. The van der Waals surface area contributed by atoms with E-state index < -0.39 is 12.1 Å². The number of piperidine rings is 1. The molecule has 0 spiro atoms. The molecule has 2 aliphatic heterocycles. The van der Waals surface area contributed by atoms with Gasteiger partial charge in [0.1, 0.15) is 5.82 Å². The molecule has 3 heterocycles. The van der Waals surface area contributed by atoms with Crippen molar-refractivity contribution in [3.05, 3.63) is 17.2 Å². The summed E-state index contributed by atoms with van der Waals surface area (Å²) < 4.78 is 1.95. The van der Waals surface area contributed by atoms with E-state index >= 15 is 0 Å². The predicted octanol–water partition coefficient (Wildman–Crippen LogP) is 0.875. The lowest BCUT2D eigenvalue weighted by Crippen LogP contribution is -2.29. The molecule has 1 aromatic heterocycles. The minimum Gasteiger partial charge on any atom is -0.476 e. The highest BCUT2D eigenvalue weighted by molar-refractivity contribution is 5.87. The normalized spacial score (nSPS) is 24.2. The fourth-order valence-corrected chi connectivity index (χ4v) is 3.18. The molecule has 0 bridgehead atoms. The number of aromatic carboxylic acids is 1. The Morgan fingerprint density at radius 3 is 2.74 bits per heavy atom. The van der Waals surface area contributed by atoms with E-state index in [0.717, 1.165) is 44.7 Å². The number of aromatic nitrogens is 2. The first-order valence-corrected chi connectivity index (χ1v) is 6.91. The zero-order valence-electron chi connectivity index (χ0n) is 10.8. The first-order chi connectivity index (χ1) is 9.18. The lowest BCUT2D eigenvalue weighted by atomic mass is 9.96. The Hall–Kier alpha value is -1.40. The van der Waals surface area contributed by atoms with Crippen LogP contribution in [0.25, 0.3) is 0 Å². The van der Waals surface area contributed by atoms with E-state index in [4.69, 9.17) is 0 Å². The number of carboxylic acids is 1. The van der Waals surface area contributed by atoms with Gasteiger partial charge in [-0.25, -0.2) is 9.78 Å². The molecule has 104 valence electrons. The Morgan fingerprint density at radius 1 is 1.32 bits per heavy atom. The number of hydrogen-bond donors (Lipinski definition) is 3. The summed E-state index contributed by atoms with van der Waals surface area (Å²) in [4.78, 5) is 15.7. The zero-order valence-corrected chi connectivity index (χ0v) is 10.8. The molecule has 1 aromatic rings. The summed E-state index contributed by atoms with van der Waals surface area (Å²) in [6.07, 6.45) is 2.76. The van der Waals surface area contributed by atoms with E-state index in [1.807, 2.05) is 4.57 Å². The molecule has 0 saturated carbocycles. The topological polar surface area (TPSA) is 87.4 Å². The third kappa shape index (κ3) is 2.15. The molecule has 1 fully saturated rings. The van der Waals surface area contributed by atoms with Crippen molar-refractivity contribution < 1.29 is 15.0 Å². The van der Waals surface area contributed by atoms with Crippen LogP contribution in [0.4, 0.5) is 0 Å². The molecule has 19 heavy (non-hydrogen) atoms. The van der Waals surface area contributed by atoms with Crippen molar-refractivity contribution in [2.45, 2.75) is 44.2 Å². The quantitative estimate of drug-likeness (QED) is 0.738. The summed E-state index contributed by atoms with van der Waals surface area (Å²) >= 11 is 0. The number of hydrogen-bond acceptors (Lipinski definition) is 4. The molecular weight excluding hydrogens is 246 g/mol. The van der Waals surface area contributed by atoms with Crippen molar-refractivity contribution in [1.29, 1.82) is 0 Å². The SMILES string of the molecule is O=C(O)c1nc(C2CCNCC2)n2c1C(O)CCC2. The smallest absolute Gasteiger partial charge is 0.356 e. The molecule has 2 aliphatic rings. The molecule has 0 aromatic carbocycles. The van der Waals surface area contributed by atoms with Gasteiger partial charge in [-0.1, -0.05) is 0 Å². The Kier molecular flexibility index (Phi) is 3.28. The lowest BCUT2D eigenvalue weighted by Gasteiger charge is -2.26. The molecule has 6 nitrogen and oxygen atoms in total. The van der Waals surface area contributed by atoms with Gasteiger partial charge in [0.25, 0.3) is 0 Å². The van der Waals surface area contributed by atoms with Crippen LogP contribution in [0.1, 0.15) is 59.7 Å². The second-order valence-electron chi connectivity index (χ2n) is 5.34. The van der Waals surface area contributed by atoms with Gasteiger partial charge in [-0.2, -0.15) is 0 Å². The van der Waals surface area contributed by atoms with Gasteiger partial charge in [0.2, 0.25) is 0 Å². The first-order valence-electron chi connectivity index (χ1n) is 6.91. The van der Waals surface area contributed by atoms with Crippen molar-refractivity contribution in [3.8, 4) is 0 Å². The van der Waals surface area contributed by atoms with Gasteiger partial charge in [-0.3, -0.25) is 0 Å². The maximum absolute atomic E-state index is 11.3. The molecule has 0 aliphatic carbocycles. The Morgan fingerprint density at radius 2 is 2.05 bits per heavy atom. The average Bonchev–Trinajstić information content (AvgIpc) is 2.81. The van der Waals surface area contributed by atoms with Crippen LogP contribution in [0, 0.1) is 0 Å². The van der Waals surface area contributed by atoms with Crippen LogP contribution in [0.2, 0.25) is 0 Å². The monoisotopic (exact) mass is 265 g/mol. The fourth-order valence-electron chi connectivity index (χ4n) is 3.18. The zero-order chi connectivity index (χ0) is 13.4. The summed E-state index contributed by atoms with van der Waals surface area (Å²) in [5, 5.41) is 22.6. The van der Waals surface area contributed by atoms with Gasteiger partial charge in [0.15, 0.2) is 5.69 Å². The van der Waals surface area contributed by atoms with Gasteiger partial charge >= 0.3 is 5.97 Å². The number of fused-ring (bicyclic) bond motifs is 1. The van der Waals surface area contributed by atoms with Crippen molar-refractivity contribution in [2.75, 3.05) is 13.1 Å². The van der Waals surface area contributed by atoms with Crippen molar-refractivity contribution in [2.24, 2.45) is 0 Å². The van der Waals surface area contributed by atoms with Crippen LogP contribution in [0.5, 0.6) is 0 Å². The van der Waals surface area contributed by atoms with Gasteiger partial charge in [0.05, 0.1) is 11.8 Å². The second kappa shape index (κ2) is 4.94. The molecule has 1 saturated heterocycles. The number of nitrogens with one attached hydrogen (secondary N) is 1. The van der Waals surface area contributed by atoms with Gasteiger partial charge in [0, 0.05) is 12.5 Å². The highest BCUT2D eigenvalue weighted by Crippen LogP contribution is 2.34. The molecule has 0 amide bonds. The van der Waals surface area contributed by atoms with Crippen LogP contribution >= 0.6 is 0 Å². The number of rotatable bonds is 2. The number of aliphatic hydroxyl groups excluding tert-OH is 1. The summed E-state index contributed by atoms with van der Waals surface area (Å²) in [5.41, 5.74) is 0.549. The predicted molar refractivity (Wildman–Crippen MR) is 68.2 cm³/mol.